The molecule has 0 fully saturated rings. The molecule has 0 spiro atoms. The van der Waals surface area contributed by atoms with E-state index in [-0.39, 0.29) is 11.6 Å². The Balaban J connectivity index is 2.25. The van der Waals surface area contributed by atoms with Gasteiger partial charge in [-0.25, -0.2) is 17.5 Å². The van der Waals surface area contributed by atoms with Gasteiger partial charge in [-0.05, 0) is 43.3 Å². The fourth-order valence-electron chi connectivity index (χ4n) is 2.63. The van der Waals surface area contributed by atoms with Gasteiger partial charge in [-0.15, -0.1) is 0 Å². The molecular weight excluding hydrogens is 397 g/mol. The molecule has 156 valence electrons. The van der Waals surface area contributed by atoms with Gasteiger partial charge in [0.15, 0.2) is 0 Å². The maximum atomic E-state index is 13.9. The second-order valence-corrected chi connectivity index (χ2v) is 8.40. The zero-order chi connectivity index (χ0) is 21.6. The predicted molar refractivity (Wildman–Crippen MR) is 108 cm³/mol. The van der Waals surface area contributed by atoms with Crippen LogP contribution in [0.5, 0.6) is 0 Å². The summed E-state index contributed by atoms with van der Waals surface area (Å²) in [6.45, 7) is 3.70. The fraction of sp³-hybridized carbons (Fsp3) is 0.300. The van der Waals surface area contributed by atoms with Gasteiger partial charge < -0.3 is 10.6 Å². The summed E-state index contributed by atoms with van der Waals surface area (Å²) in [5.74, 6) is -2.05. The van der Waals surface area contributed by atoms with E-state index in [1.165, 1.54) is 6.07 Å². The fourth-order valence-corrected chi connectivity index (χ4v) is 3.46. The van der Waals surface area contributed by atoms with Gasteiger partial charge in [-0.2, -0.15) is 0 Å². The Bertz CT molecular complexity index is 980. The highest BCUT2D eigenvalue weighted by Crippen LogP contribution is 2.20. The summed E-state index contributed by atoms with van der Waals surface area (Å²) in [6, 6.07) is 10.9. The second-order valence-electron chi connectivity index (χ2n) is 6.54. The summed E-state index contributed by atoms with van der Waals surface area (Å²) < 4.78 is 39.8. The lowest BCUT2D eigenvalue weighted by molar-refractivity contribution is -0.119. The molecule has 2 rings (SSSR count). The van der Waals surface area contributed by atoms with E-state index in [1.807, 2.05) is 18.6 Å². The molecule has 0 aromatic heterocycles. The number of carbonyl (C=O) groups excluding carboxylic acids is 2. The van der Waals surface area contributed by atoms with Crippen molar-refractivity contribution in [3.05, 3.63) is 59.9 Å². The third kappa shape index (κ3) is 5.61. The van der Waals surface area contributed by atoms with E-state index in [2.05, 4.69) is 10.6 Å². The molecule has 2 aromatic carbocycles. The Morgan fingerprint density at radius 1 is 1.10 bits per heavy atom. The molecule has 0 bridgehead atoms. The van der Waals surface area contributed by atoms with Crippen LogP contribution in [0.15, 0.2) is 53.4 Å². The highest BCUT2D eigenvalue weighted by atomic mass is 32.2. The van der Waals surface area contributed by atoms with Crippen molar-refractivity contribution in [3.63, 3.8) is 0 Å². The van der Waals surface area contributed by atoms with Crippen LogP contribution < -0.4 is 15.4 Å². The van der Waals surface area contributed by atoms with Gasteiger partial charge in [-0.1, -0.05) is 38.5 Å². The van der Waals surface area contributed by atoms with Crippen LogP contribution in [0.4, 0.5) is 10.1 Å². The van der Waals surface area contributed by atoms with E-state index in [0.717, 1.165) is 19.2 Å². The molecule has 7 nitrogen and oxygen atoms in total. The van der Waals surface area contributed by atoms with Crippen molar-refractivity contribution in [1.82, 2.24) is 10.0 Å². The molecule has 0 aliphatic carbocycles. The number of carbonyl (C=O) groups is 2. The number of nitrogens with one attached hydrogen (secondary N) is 3. The molecule has 0 radical (unpaired) electrons. The van der Waals surface area contributed by atoms with E-state index in [1.54, 1.807) is 30.3 Å². The van der Waals surface area contributed by atoms with Crippen LogP contribution in [0.25, 0.3) is 0 Å². The first-order chi connectivity index (χ1) is 13.7. The summed E-state index contributed by atoms with van der Waals surface area (Å²) in [7, 11) is -2.86. The number of sulfonamides is 1. The van der Waals surface area contributed by atoms with Crippen LogP contribution in [0.3, 0.4) is 0 Å². The van der Waals surface area contributed by atoms with E-state index < -0.39 is 38.6 Å². The summed E-state index contributed by atoms with van der Waals surface area (Å²) in [6.07, 6.45) is 0.621. The number of anilines is 1. The van der Waals surface area contributed by atoms with Crippen LogP contribution in [-0.2, 0) is 14.8 Å². The molecule has 0 unspecified atom stereocenters. The molecule has 2 amide bonds. The quantitative estimate of drug-likeness (QED) is 0.609. The van der Waals surface area contributed by atoms with Crippen LogP contribution in [0.1, 0.15) is 30.6 Å². The summed E-state index contributed by atoms with van der Waals surface area (Å²) in [5.41, 5.74) is 0.519. The number of amides is 2. The van der Waals surface area contributed by atoms with Crippen LogP contribution in [-0.4, -0.2) is 33.3 Å². The first-order valence-electron chi connectivity index (χ1n) is 9.09. The molecular formula is C20H24FN3O4S. The summed E-state index contributed by atoms with van der Waals surface area (Å²) in [5, 5.41) is 5.28. The standard InChI is InChI=1S/C20H24FN3O4S/c1-4-13(2)18(24-19(25)14-8-6-5-7-9-14)20(26)23-15-10-11-16(21)17(12-15)29(27,28)22-3/h5-13,18,22H,4H2,1-3H3,(H,23,26)(H,24,25)/t13-,18+/m1/s1. The topological polar surface area (TPSA) is 104 Å². The Morgan fingerprint density at radius 3 is 2.34 bits per heavy atom. The monoisotopic (exact) mass is 421 g/mol. The van der Waals surface area contributed by atoms with Gasteiger partial charge >= 0.3 is 0 Å². The smallest absolute Gasteiger partial charge is 0.251 e. The normalized spacial score (nSPS) is 13.4. The van der Waals surface area contributed by atoms with Gasteiger partial charge in [-0.3, -0.25) is 9.59 Å². The maximum absolute atomic E-state index is 13.9. The molecule has 9 heteroatoms. The van der Waals surface area contributed by atoms with Crippen molar-refractivity contribution >= 4 is 27.5 Å². The molecule has 0 saturated carbocycles. The lowest BCUT2D eigenvalue weighted by atomic mass is 9.97. The van der Waals surface area contributed by atoms with Gasteiger partial charge in [0.25, 0.3) is 5.91 Å². The van der Waals surface area contributed by atoms with Gasteiger partial charge in [0.2, 0.25) is 15.9 Å². The van der Waals surface area contributed by atoms with Crippen molar-refractivity contribution in [3.8, 4) is 0 Å². The first-order valence-corrected chi connectivity index (χ1v) is 10.6. The summed E-state index contributed by atoms with van der Waals surface area (Å²) in [4.78, 5) is 24.7. The SMILES string of the molecule is CC[C@@H](C)[C@H](NC(=O)c1ccccc1)C(=O)Nc1ccc(F)c(S(=O)(=O)NC)c1. The average Bonchev–Trinajstić information content (AvgIpc) is 2.73. The Morgan fingerprint density at radius 2 is 1.76 bits per heavy atom. The highest BCUT2D eigenvalue weighted by Gasteiger charge is 2.27. The molecule has 2 atom stereocenters. The molecule has 29 heavy (non-hydrogen) atoms. The van der Waals surface area contributed by atoms with Crippen LogP contribution >= 0.6 is 0 Å². The van der Waals surface area contributed by atoms with E-state index in [0.29, 0.717) is 12.0 Å². The maximum Gasteiger partial charge on any atom is 0.251 e. The first kappa shape index (κ1) is 22.5. The molecule has 0 aliphatic rings. The van der Waals surface area contributed by atoms with Crippen molar-refractivity contribution in [1.29, 1.82) is 0 Å². The molecule has 0 heterocycles. The third-order valence-electron chi connectivity index (χ3n) is 4.58. The highest BCUT2D eigenvalue weighted by molar-refractivity contribution is 7.89. The van der Waals surface area contributed by atoms with Crippen molar-refractivity contribution in [2.24, 2.45) is 5.92 Å². The number of hydrogen-bond donors (Lipinski definition) is 3. The Hall–Kier alpha value is -2.78. The average molecular weight is 421 g/mol. The minimum atomic E-state index is -4.03. The minimum Gasteiger partial charge on any atom is -0.340 e. The number of hydrogen-bond acceptors (Lipinski definition) is 4. The zero-order valence-corrected chi connectivity index (χ0v) is 17.2. The minimum absolute atomic E-state index is 0.104. The van der Waals surface area contributed by atoms with Crippen molar-refractivity contribution in [2.75, 3.05) is 12.4 Å². The number of rotatable bonds is 8. The van der Waals surface area contributed by atoms with E-state index in [4.69, 9.17) is 0 Å². The molecule has 2 aromatic rings. The Kier molecular flexibility index (Phi) is 7.46. The lowest BCUT2D eigenvalue weighted by Crippen LogP contribution is -2.47. The summed E-state index contributed by atoms with van der Waals surface area (Å²) >= 11 is 0. The van der Waals surface area contributed by atoms with E-state index >= 15 is 0 Å². The van der Waals surface area contributed by atoms with Crippen LogP contribution in [0, 0.1) is 11.7 Å². The number of halogens is 1. The molecule has 0 aliphatic heterocycles. The zero-order valence-electron chi connectivity index (χ0n) is 16.4. The van der Waals surface area contributed by atoms with Gasteiger partial charge in [0.1, 0.15) is 16.8 Å². The van der Waals surface area contributed by atoms with Gasteiger partial charge in [0.05, 0.1) is 0 Å². The van der Waals surface area contributed by atoms with E-state index in [9.17, 15) is 22.4 Å². The molecule has 3 N–H and O–H groups in total. The third-order valence-corrected chi connectivity index (χ3v) is 6.00. The molecule has 0 saturated heterocycles. The van der Waals surface area contributed by atoms with Crippen molar-refractivity contribution < 1.29 is 22.4 Å². The Labute approximate surface area is 169 Å². The number of benzene rings is 2. The lowest BCUT2D eigenvalue weighted by Gasteiger charge is -2.23. The second kappa shape index (κ2) is 9.62. The van der Waals surface area contributed by atoms with Crippen LogP contribution in [0.2, 0.25) is 0 Å². The predicted octanol–water partition coefficient (Wildman–Crippen LogP) is 2.52. The van der Waals surface area contributed by atoms with Gasteiger partial charge in [0, 0.05) is 11.3 Å². The largest absolute Gasteiger partial charge is 0.340 e. The van der Waals surface area contributed by atoms with Crippen molar-refractivity contribution in [2.45, 2.75) is 31.2 Å².